The van der Waals surface area contributed by atoms with Gasteiger partial charge in [0.25, 0.3) is 5.52 Å². The van der Waals surface area contributed by atoms with E-state index in [0.717, 1.165) is 33.0 Å². The van der Waals surface area contributed by atoms with Crippen molar-refractivity contribution in [2.75, 3.05) is 18.4 Å². The lowest BCUT2D eigenvalue weighted by Crippen LogP contribution is -3.00. The summed E-state index contributed by atoms with van der Waals surface area (Å²) < 4.78 is 8.25. The maximum absolute atomic E-state index is 12.6. The molecule has 10 heteroatoms. The number of aliphatic carboxylic acids is 1. The highest BCUT2D eigenvalue weighted by Crippen LogP contribution is 2.35. The van der Waals surface area contributed by atoms with E-state index in [0.29, 0.717) is 11.3 Å². The second-order valence-electron chi connectivity index (χ2n) is 9.01. The molecule has 0 radical (unpaired) electrons. The number of carboxylic acids is 1. The molecule has 0 saturated heterocycles. The van der Waals surface area contributed by atoms with E-state index in [1.54, 1.807) is 24.3 Å². The van der Waals surface area contributed by atoms with Crippen molar-refractivity contribution in [1.29, 1.82) is 0 Å². The molecule has 0 fully saturated rings. The molecular weight excluding hydrogens is 611 g/mol. The fraction of sp³-hybridized carbons (Fsp3) is 0.172. The summed E-state index contributed by atoms with van der Waals surface area (Å²) >= 11 is 0. The molecule has 5 rings (SSSR count). The molecule has 3 aromatic carbocycles. The van der Waals surface area contributed by atoms with Crippen molar-refractivity contribution in [2.24, 2.45) is 7.05 Å². The van der Waals surface area contributed by atoms with Gasteiger partial charge in [0.1, 0.15) is 18.7 Å². The number of furan rings is 1. The van der Waals surface area contributed by atoms with Gasteiger partial charge in [0.15, 0.2) is 0 Å². The van der Waals surface area contributed by atoms with Crippen LogP contribution in [0.3, 0.4) is 0 Å². The number of benzene rings is 3. The largest absolute Gasteiger partial charge is 1.00 e. The number of amides is 2. The third kappa shape index (κ3) is 5.95. The highest BCUT2D eigenvalue weighted by Gasteiger charge is 2.25. The van der Waals surface area contributed by atoms with Crippen LogP contribution < -0.4 is 44.5 Å². The zero-order chi connectivity index (χ0) is 26.6. The van der Waals surface area contributed by atoms with E-state index in [1.165, 1.54) is 0 Å². The van der Waals surface area contributed by atoms with Gasteiger partial charge in [-0.1, -0.05) is 54.6 Å². The van der Waals surface area contributed by atoms with Gasteiger partial charge >= 0.3 is 5.97 Å². The number of hydrogen-bond acceptors (Lipinski definition) is 5. The third-order valence-corrected chi connectivity index (χ3v) is 6.45. The highest BCUT2D eigenvalue weighted by molar-refractivity contribution is 6.11. The number of aromatic nitrogens is 1. The van der Waals surface area contributed by atoms with Crippen LogP contribution in [0.2, 0.25) is 0 Å². The zero-order valence-corrected chi connectivity index (χ0v) is 23.3. The topological polar surface area (TPSA) is 125 Å². The monoisotopic (exact) mass is 638 g/mol. The van der Waals surface area contributed by atoms with E-state index in [-0.39, 0.29) is 43.5 Å². The van der Waals surface area contributed by atoms with E-state index in [4.69, 9.17) is 4.42 Å². The summed E-state index contributed by atoms with van der Waals surface area (Å²) in [5.74, 6) is -2.15. The Labute approximate surface area is 241 Å². The molecule has 0 spiro atoms. The number of hydrogen-bond donors (Lipinski definition) is 4. The smallest absolute Gasteiger partial charge is 0.326 e. The Balaban J connectivity index is 0.00000353. The van der Waals surface area contributed by atoms with Crippen molar-refractivity contribution in [3.8, 4) is 0 Å². The van der Waals surface area contributed by atoms with Crippen molar-refractivity contribution in [2.45, 2.75) is 12.5 Å². The fourth-order valence-electron chi connectivity index (χ4n) is 4.64. The fourth-order valence-corrected chi connectivity index (χ4v) is 4.64. The van der Waals surface area contributed by atoms with Crippen LogP contribution in [0.25, 0.3) is 33.0 Å². The van der Waals surface area contributed by atoms with Crippen molar-refractivity contribution >= 4 is 56.4 Å². The van der Waals surface area contributed by atoms with Crippen LogP contribution in [0.5, 0.6) is 0 Å². The molecule has 1 unspecified atom stereocenters. The molecule has 39 heavy (non-hydrogen) atoms. The lowest BCUT2D eigenvalue weighted by atomic mass is 10.1. The van der Waals surface area contributed by atoms with Crippen LogP contribution >= 0.6 is 0 Å². The summed E-state index contributed by atoms with van der Waals surface area (Å²) in [6, 6.07) is 23.5. The number of carbonyl (C=O) groups is 3. The Bertz CT molecular complexity index is 1670. The summed E-state index contributed by atoms with van der Waals surface area (Å²) in [5, 5.41) is 19.6. The molecule has 0 aliphatic heterocycles. The molecule has 5 aromatic rings. The van der Waals surface area contributed by atoms with E-state index in [9.17, 15) is 19.5 Å². The first kappa shape index (κ1) is 27.8. The van der Waals surface area contributed by atoms with Crippen LogP contribution in [0.4, 0.5) is 5.69 Å². The number of carboxylic acid groups (broad SMARTS) is 1. The molecule has 2 heterocycles. The van der Waals surface area contributed by atoms with Gasteiger partial charge in [-0.3, -0.25) is 9.59 Å². The Kier molecular flexibility index (Phi) is 8.65. The second kappa shape index (κ2) is 12.1. The minimum Gasteiger partial charge on any atom is -1.00 e. The number of para-hydroxylation sites is 2. The van der Waals surface area contributed by atoms with Crippen LogP contribution in [0.15, 0.2) is 83.3 Å². The summed E-state index contributed by atoms with van der Waals surface area (Å²) in [5.41, 5.74) is 4.70. The quantitative estimate of drug-likeness (QED) is 0.132. The Hall–Kier alpha value is -4.19. The van der Waals surface area contributed by atoms with Crippen LogP contribution in [-0.2, 0) is 27.9 Å². The van der Waals surface area contributed by atoms with E-state index in [2.05, 4.69) is 20.5 Å². The van der Waals surface area contributed by atoms with E-state index < -0.39 is 23.8 Å². The lowest BCUT2D eigenvalue weighted by molar-refractivity contribution is -0.616. The van der Waals surface area contributed by atoms with Gasteiger partial charge in [0, 0.05) is 12.5 Å². The molecule has 0 aliphatic rings. The molecular formula is C29H27IN4O5. The predicted molar refractivity (Wildman–Crippen MR) is 144 cm³/mol. The van der Waals surface area contributed by atoms with Gasteiger partial charge in [0.05, 0.1) is 29.5 Å². The van der Waals surface area contributed by atoms with Crippen molar-refractivity contribution < 1.29 is 52.5 Å². The van der Waals surface area contributed by atoms with Gasteiger partial charge in [0.2, 0.25) is 22.9 Å². The molecule has 1 atom stereocenters. The highest BCUT2D eigenvalue weighted by atomic mass is 127. The molecule has 2 aromatic heterocycles. The maximum Gasteiger partial charge on any atom is 0.326 e. The molecule has 0 aliphatic carbocycles. The van der Waals surface area contributed by atoms with Gasteiger partial charge < -0.3 is 49.5 Å². The minimum absolute atomic E-state index is 0. The van der Waals surface area contributed by atoms with Gasteiger partial charge in [-0.25, -0.2) is 4.79 Å². The molecule has 2 amide bonds. The van der Waals surface area contributed by atoms with Crippen LogP contribution in [-0.4, -0.2) is 42.0 Å². The second-order valence-corrected chi connectivity index (χ2v) is 9.01. The van der Waals surface area contributed by atoms with Gasteiger partial charge in [-0.15, -0.1) is 0 Å². The number of halogens is 1. The molecule has 9 nitrogen and oxygen atoms in total. The number of anilines is 1. The minimum atomic E-state index is -1.14. The van der Waals surface area contributed by atoms with Gasteiger partial charge in [-0.05, 0) is 23.8 Å². The number of aryl methyl sites for hydroxylation is 1. The number of pyridine rings is 1. The average molecular weight is 638 g/mol. The summed E-state index contributed by atoms with van der Waals surface area (Å²) in [6.45, 7) is -0.451. The normalized spacial score (nSPS) is 11.6. The number of rotatable bonds is 9. The van der Waals surface area contributed by atoms with Crippen molar-refractivity contribution in [1.82, 2.24) is 10.6 Å². The van der Waals surface area contributed by atoms with Crippen LogP contribution in [0.1, 0.15) is 5.56 Å². The maximum atomic E-state index is 12.6. The number of fused-ring (bicyclic) bond motifs is 4. The molecule has 0 saturated carbocycles. The SMILES string of the molecule is C[n+]1c2ccccc2c(NCC(=O)NCC(=O)NC(Cc2ccccc2)C(=O)O)c2oc3ccccc3c21.[I-]. The Morgan fingerprint density at radius 1 is 0.872 bits per heavy atom. The predicted octanol–water partition coefficient (Wildman–Crippen LogP) is -0.0921. The summed E-state index contributed by atoms with van der Waals surface area (Å²) in [7, 11) is 1.98. The standard InChI is InChI=1S/C29H26N4O5.HI/c1-33-22-13-7-5-11-19(22)26(28-27(33)20-12-6-8-14-23(20)38-28)31-16-24(34)30-17-25(35)32-21(29(36)37)15-18-9-3-2-4-10-18;/h2-14,21H,15-17H2,1H3,(H3,30,32,34,35,36,37);1H. The number of nitrogens with one attached hydrogen (secondary N) is 3. The summed E-state index contributed by atoms with van der Waals surface area (Å²) in [4.78, 5) is 36.6. The average Bonchev–Trinajstić information content (AvgIpc) is 3.32. The van der Waals surface area contributed by atoms with E-state index >= 15 is 0 Å². The van der Waals surface area contributed by atoms with E-state index in [1.807, 2.05) is 61.6 Å². The third-order valence-electron chi connectivity index (χ3n) is 6.45. The molecule has 200 valence electrons. The first-order valence-electron chi connectivity index (χ1n) is 12.2. The van der Waals surface area contributed by atoms with Crippen molar-refractivity contribution in [3.63, 3.8) is 0 Å². The Morgan fingerprint density at radius 2 is 1.54 bits per heavy atom. The Morgan fingerprint density at radius 3 is 2.28 bits per heavy atom. The first-order chi connectivity index (χ1) is 18.4. The van der Waals surface area contributed by atoms with Gasteiger partial charge in [-0.2, -0.15) is 4.57 Å². The van der Waals surface area contributed by atoms with Crippen molar-refractivity contribution in [3.05, 3.63) is 84.4 Å². The lowest BCUT2D eigenvalue weighted by Gasteiger charge is -2.15. The summed E-state index contributed by atoms with van der Waals surface area (Å²) in [6.07, 6.45) is 0.142. The zero-order valence-electron chi connectivity index (χ0n) is 21.1. The number of carbonyl (C=O) groups excluding carboxylic acids is 2. The van der Waals surface area contributed by atoms with Crippen LogP contribution in [0, 0.1) is 0 Å². The molecule has 4 N–H and O–H groups in total. The molecule has 0 bridgehead atoms. The number of nitrogens with zero attached hydrogens (tertiary/aromatic N) is 1. The first-order valence-corrected chi connectivity index (χ1v) is 12.2.